The lowest BCUT2D eigenvalue weighted by atomic mass is 9.78. The molecule has 0 aliphatic heterocycles. The molecule has 0 saturated heterocycles. The van der Waals surface area contributed by atoms with Crippen molar-refractivity contribution in [1.29, 1.82) is 0 Å². The number of hydrogen-bond donors (Lipinski definition) is 1. The van der Waals surface area contributed by atoms with E-state index in [1.165, 1.54) is 19.2 Å². The summed E-state index contributed by atoms with van der Waals surface area (Å²) in [7, 11) is 3.16. The van der Waals surface area contributed by atoms with Crippen molar-refractivity contribution in [3.63, 3.8) is 0 Å². The van der Waals surface area contributed by atoms with E-state index in [2.05, 4.69) is 4.99 Å². The molecule has 0 aromatic heterocycles. The topological polar surface area (TPSA) is 45.1 Å². The van der Waals surface area contributed by atoms with Gasteiger partial charge in [-0.2, -0.15) is 13.2 Å². The molecule has 1 atom stereocenters. The zero-order valence-electron chi connectivity index (χ0n) is 15.7. The number of alkyl halides is 3. The Hall–Kier alpha value is -1.76. The molecule has 0 bridgehead atoms. The van der Waals surface area contributed by atoms with Gasteiger partial charge in [-0.15, -0.1) is 0 Å². The van der Waals surface area contributed by atoms with E-state index in [1.54, 1.807) is 13.3 Å². The fourth-order valence-corrected chi connectivity index (χ4v) is 3.47. The van der Waals surface area contributed by atoms with Crippen LogP contribution in [0.25, 0.3) is 0 Å². The molecule has 7 heteroatoms. The molecule has 1 aliphatic carbocycles. The number of aryl methyl sites for hydroxylation is 1. The van der Waals surface area contributed by atoms with Crippen LogP contribution in [0.1, 0.15) is 43.7 Å². The first-order valence-corrected chi connectivity index (χ1v) is 8.87. The van der Waals surface area contributed by atoms with Crippen LogP contribution in [-0.4, -0.2) is 43.2 Å². The fourth-order valence-electron chi connectivity index (χ4n) is 3.47. The number of benzene rings is 1. The van der Waals surface area contributed by atoms with E-state index < -0.39 is 17.7 Å². The second kappa shape index (κ2) is 7.86. The molecule has 4 nitrogen and oxygen atoms in total. The first kappa shape index (κ1) is 20.6. The molecule has 1 saturated carbocycles. The summed E-state index contributed by atoms with van der Waals surface area (Å²) in [5, 5.41) is 10.9. The van der Waals surface area contributed by atoms with Crippen LogP contribution in [0, 0.1) is 12.8 Å². The predicted molar refractivity (Wildman–Crippen MR) is 96.1 cm³/mol. The molecule has 0 radical (unpaired) electrons. The number of rotatable bonds is 6. The van der Waals surface area contributed by atoms with Crippen molar-refractivity contribution in [2.75, 3.05) is 20.7 Å². The van der Waals surface area contributed by atoms with Crippen molar-refractivity contribution < 1.29 is 23.0 Å². The van der Waals surface area contributed by atoms with Crippen LogP contribution in [0.4, 0.5) is 18.9 Å². The zero-order chi connectivity index (χ0) is 19.5. The first-order chi connectivity index (χ1) is 12.1. The molecule has 1 N–H and O–H groups in total. The number of hydrogen-bond acceptors (Lipinski definition) is 3. The van der Waals surface area contributed by atoms with Crippen molar-refractivity contribution in [3.8, 4) is 5.75 Å². The van der Waals surface area contributed by atoms with Crippen LogP contribution >= 0.6 is 0 Å². The third-order valence-corrected chi connectivity index (χ3v) is 5.20. The molecule has 1 aliphatic rings. The largest absolute Gasteiger partial charge is 0.496 e. The Labute approximate surface area is 152 Å². The molecule has 1 fully saturated rings. The molecule has 1 aromatic rings. The van der Waals surface area contributed by atoms with Crippen LogP contribution in [-0.2, 0) is 5.60 Å². The summed E-state index contributed by atoms with van der Waals surface area (Å²) >= 11 is 0. The summed E-state index contributed by atoms with van der Waals surface area (Å²) in [4.78, 5) is 6.18. The first-order valence-electron chi connectivity index (χ1n) is 8.87. The van der Waals surface area contributed by atoms with E-state index >= 15 is 0 Å². The smallest absolute Gasteiger partial charge is 0.421 e. The predicted octanol–water partition coefficient (Wildman–Crippen LogP) is 4.56. The highest BCUT2D eigenvalue weighted by molar-refractivity contribution is 5.65. The number of aliphatic imine (C=N–C) groups is 1. The minimum absolute atomic E-state index is 0.00799. The van der Waals surface area contributed by atoms with E-state index in [0.717, 1.165) is 6.54 Å². The number of aliphatic hydroxyl groups is 1. The average Bonchev–Trinajstić information content (AvgIpc) is 3.13. The maximum Gasteiger partial charge on any atom is 0.421 e. The highest BCUT2D eigenvalue weighted by Gasteiger charge is 2.61. The van der Waals surface area contributed by atoms with Gasteiger partial charge in [-0.05, 0) is 38.3 Å². The SMILES string of the molecule is CCN(C)/C=N/c1cc(OC)c(C(O)(C2CCCC2)C(F)(F)F)cc1C. The van der Waals surface area contributed by atoms with Gasteiger partial charge in [0, 0.05) is 31.1 Å². The lowest BCUT2D eigenvalue weighted by Gasteiger charge is -2.37. The Morgan fingerprint density at radius 3 is 2.42 bits per heavy atom. The summed E-state index contributed by atoms with van der Waals surface area (Å²) in [6.45, 7) is 4.41. The highest BCUT2D eigenvalue weighted by atomic mass is 19.4. The van der Waals surface area contributed by atoms with Crippen molar-refractivity contribution in [2.24, 2.45) is 10.9 Å². The van der Waals surface area contributed by atoms with Crippen molar-refractivity contribution in [1.82, 2.24) is 4.90 Å². The molecule has 0 amide bonds. The summed E-state index contributed by atoms with van der Waals surface area (Å²) in [6, 6.07) is 2.83. The maximum absolute atomic E-state index is 13.9. The fraction of sp³-hybridized carbons (Fsp3) is 0.632. The van der Waals surface area contributed by atoms with Crippen LogP contribution in [0.3, 0.4) is 0 Å². The van der Waals surface area contributed by atoms with E-state index in [-0.39, 0.29) is 11.3 Å². The van der Waals surface area contributed by atoms with Gasteiger partial charge in [0.05, 0.1) is 19.1 Å². The van der Waals surface area contributed by atoms with Crippen molar-refractivity contribution >= 4 is 12.0 Å². The van der Waals surface area contributed by atoms with Gasteiger partial charge in [0.15, 0.2) is 5.60 Å². The highest BCUT2D eigenvalue weighted by Crippen LogP contribution is 2.53. The van der Waals surface area contributed by atoms with Crippen LogP contribution < -0.4 is 4.74 Å². The second-order valence-electron chi connectivity index (χ2n) is 6.90. The Morgan fingerprint density at radius 2 is 1.92 bits per heavy atom. The Bertz CT molecular complexity index is 655. The Morgan fingerprint density at radius 1 is 1.31 bits per heavy atom. The monoisotopic (exact) mass is 372 g/mol. The van der Waals surface area contributed by atoms with Crippen LogP contribution in [0.15, 0.2) is 17.1 Å². The van der Waals surface area contributed by atoms with Gasteiger partial charge in [-0.1, -0.05) is 12.8 Å². The number of nitrogens with zero attached hydrogens (tertiary/aromatic N) is 2. The number of ether oxygens (including phenoxy) is 1. The zero-order valence-corrected chi connectivity index (χ0v) is 15.7. The molecule has 1 aromatic carbocycles. The van der Waals surface area contributed by atoms with Gasteiger partial charge >= 0.3 is 6.18 Å². The molecular weight excluding hydrogens is 345 g/mol. The third-order valence-electron chi connectivity index (χ3n) is 5.20. The Kier molecular flexibility index (Phi) is 6.21. The summed E-state index contributed by atoms with van der Waals surface area (Å²) in [6.07, 6.45) is -1.09. The third kappa shape index (κ3) is 3.82. The molecule has 0 spiro atoms. The van der Waals surface area contributed by atoms with Crippen molar-refractivity contribution in [3.05, 3.63) is 23.3 Å². The average molecular weight is 372 g/mol. The van der Waals surface area contributed by atoms with Crippen LogP contribution in [0.5, 0.6) is 5.75 Å². The summed E-state index contributed by atoms with van der Waals surface area (Å²) in [5.41, 5.74) is -2.06. The summed E-state index contributed by atoms with van der Waals surface area (Å²) < 4.78 is 47.1. The van der Waals surface area contributed by atoms with Gasteiger partial charge in [-0.25, -0.2) is 4.99 Å². The summed E-state index contributed by atoms with van der Waals surface area (Å²) in [5.74, 6) is -0.856. The van der Waals surface area contributed by atoms with E-state index in [4.69, 9.17) is 4.74 Å². The number of halogens is 3. The van der Waals surface area contributed by atoms with E-state index in [0.29, 0.717) is 36.9 Å². The van der Waals surface area contributed by atoms with Gasteiger partial charge in [0.1, 0.15) is 5.75 Å². The van der Waals surface area contributed by atoms with Gasteiger partial charge in [-0.3, -0.25) is 0 Å². The minimum Gasteiger partial charge on any atom is -0.496 e. The minimum atomic E-state index is -4.78. The molecule has 146 valence electrons. The lowest BCUT2D eigenvalue weighted by molar-refractivity contribution is -0.286. The van der Waals surface area contributed by atoms with Crippen molar-refractivity contribution in [2.45, 2.75) is 51.3 Å². The molecule has 0 heterocycles. The Balaban J connectivity index is 2.56. The standard InChI is InChI=1S/C19H27F3N2O2/c1-5-24(3)12-23-16-11-17(26-4)15(10-13(16)2)18(25,19(20,21)22)14-8-6-7-9-14/h10-12,14,25H,5-9H2,1-4H3/b23-12+. The van der Waals surface area contributed by atoms with Gasteiger partial charge in [0.25, 0.3) is 0 Å². The molecule has 2 rings (SSSR count). The second-order valence-corrected chi connectivity index (χ2v) is 6.90. The van der Waals surface area contributed by atoms with Gasteiger partial charge < -0.3 is 14.7 Å². The number of methoxy groups -OCH3 is 1. The van der Waals surface area contributed by atoms with E-state index in [1.807, 2.05) is 18.9 Å². The molecule has 1 unspecified atom stereocenters. The maximum atomic E-state index is 13.9. The normalized spacial score (nSPS) is 18.3. The van der Waals surface area contributed by atoms with E-state index in [9.17, 15) is 18.3 Å². The van der Waals surface area contributed by atoms with Gasteiger partial charge in [0.2, 0.25) is 0 Å². The molecular formula is C19H27F3N2O2. The quantitative estimate of drug-likeness (QED) is 0.588. The van der Waals surface area contributed by atoms with Crippen LogP contribution in [0.2, 0.25) is 0 Å². The molecule has 26 heavy (non-hydrogen) atoms. The lowest BCUT2D eigenvalue weighted by Crippen LogP contribution is -2.48.